The van der Waals surface area contributed by atoms with Crippen molar-refractivity contribution in [1.29, 1.82) is 0 Å². The minimum atomic E-state index is -0.291. The van der Waals surface area contributed by atoms with Crippen molar-refractivity contribution in [3.05, 3.63) is 12.7 Å². The van der Waals surface area contributed by atoms with Gasteiger partial charge in [-0.3, -0.25) is 4.90 Å². The number of allylic oxidation sites excluding steroid dienone is 1. The summed E-state index contributed by atoms with van der Waals surface area (Å²) in [5, 5.41) is 10.1. The van der Waals surface area contributed by atoms with Crippen molar-refractivity contribution in [2.75, 3.05) is 19.6 Å². The van der Waals surface area contributed by atoms with Crippen molar-refractivity contribution in [2.24, 2.45) is 5.92 Å². The van der Waals surface area contributed by atoms with Crippen LogP contribution in [0.2, 0.25) is 0 Å². The molecule has 1 saturated carbocycles. The van der Waals surface area contributed by atoms with Gasteiger partial charge in [0.2, 0.25) is 0 Å². The fraction of sp³-hybridized carbons (Fsp3) is 0.846. The average molecular weight is 209 g/mol. The first-order valence-electron chi connectivity index (χ1n) is 6.30. The van der Waals surface area contributed by atoms with Crippen molar-refractivity contribution in [2.45, 2.75) is 44.1 Å². The summed E-state index contributed by atoms with van der Waals surface area (Å²) < 4.78 is 0. The summed E-state index contributed by atoms with van der Waals surface area (Å²) in [6.07, 6.45) is 9.48. The summed E-state index contributed by atoms with van der Waals surface area (Å²) in [7, 11) is 0. The van der Waals surface area contributed by atoms with Gasteiger partial charge in [-0.15, -0.1) is 6.58 Å². The summed E-state index contributed by atoms with van der Waals surface area (Å²) in [6, 6.07) is 0. The molecule has 0 radical (unpaired) electrons. The van der Waals surface area contributed by atoms with Crippen LogP contribution in [0.5, 0.6) is 0 Å². The van der Waals surface area contributed by atoms with Crippen LogP contribution in [0.3, 0.4) is 0 Å². The van der Waals surface area contributed by atoms with E-state index >= 15 is 0 Å². The lowest BCUT2D eigenvalue weighted by atomic mass is 9.88. The Balaban J connectivity index is 1.50. The molecule has 2 aliphatic rings. The smallest absolute Gasteiger partial charge is 0.0928 e. The lowest BCUT2D eigenvalue weighted by Gasteiger charge is -2.47. The summed E-state index contributed by atoms with van der Waals surface area (Å²) >= 11 is 0. The Labute approximate surface area is 93.0 Å². The van der Waals surface area contributed by atoms with Gasteiger partial charge in [0.05, 0.1) is 5.60 Å². The lowest BCUT2D eigenvalue weighted by Crippen LogP contribution is -2.63. The number of nitrogens with zero attached hydrogens (tertiary/aromatic N) is 1. The number of β-amino-alcohol motifs (C(OH)–C–C–N with tert-alkyl or cyclic N) is 1. The zero-order valence-corrected chi connectivity index (χ0v) is 9.62. The van der Waals surface area contributed by atoms with Crippen molar-refractivity contribution in [3.8, 4) is 0 Å². The highest BCUT2D eigenvalue weighted by Crippen LogP contribution is 2.44. The molecule has 0 aromatic carbocycles. The predicted octanol–water partition coefficient (Wildman–Crippen LogP) is 2.19. The molecule has 2 fully saturated rings. The molecule has 0 bridgehead atoms. The summed E-state index contributed by atoms with van der Waals surface area (Å²) in [5.74, 6) is 0.634. The molecule has 2 heteroatoms. The highest BCUT2D eigenvalue weighted by molar-refractivity contribution is 5.05. The van der Waals surface area contributed by atoms with Gasteiger partial charge in [-0.25, -0.2) is 0 Å². The quantitative estimate of drug-likeness (QED) is 0.513. The van der Waals surface area contributed by atoms with Crippen LogP contribution in [0.15, 0.2) is 12.7 Å². The Bertz CT molecular complexity index is 217. The molecule has 1 N–H and O–H groups in total. The first-order valence-corrected chi connectivity index (χ1v) is 6.30. The van der Waals surface area contributed by atoms with Gasteiger partial charge in [0.25, 0.3) is 0 Å². The Hall–Kier alpha value is -0.340. The third-order valence-corrected chi connectivity index (χ3v) is 3.71. The molecule has 0 spiro atoms. The maximum Gasteiger partial charge on any atom is 0.0928 e. The molecule has 2 nitrogen and oxygen atoms in total. The molecule has 1 saturated heterocycles. The monoisotopic (exact) mass is 209 g/mol. The molecular weight excluding hydrogens is 186 g/mol. The largest absolute Gasteiger partial charge is 0.387 e. The molecule has 1 aliphatic heterocycles. The predicted molar refractivity (Wildman–Crippen MR) is 62.8 cm³/mol. The van der Waals surface area contributed by atoms with E-state index in [4.69, 9.17) is 0 Å². The van der Waals surface area contributed by atoms with E-state index in [1.54, 1.807) is 0 Å². The van der Waals surface area contributed by atoms with Crippen LogP contribution in [-0.4, -0.2) is 35.2 Å². The summed E-state index contributed by atoms with van der Waals surface area (Å²) in [4.78, 5) is 2.40. The molecule has 15 heavy (non-hydrogen) atoms. The fourth-order valence-electron chi connectivity index (χ4n) is 2.57. The average Bonchev–Trinajstić information content (AvgIpc) is 2.97. The Morgan fingerprint density at radius 1 is 1.27 bits per heavy atom. The fourth-order valence-corrected chi connectivity index (χ4v) is 2.57. The molecule has 0 aromatic heterocycles. The topological polar surface area (TPSA) is 23.5 Å². The second-order valence-corrected chi connectivity index (χ2v) is 5.23. The van der Waals surface area contributed by atoms with E-state index in [-0.39, 0.29) is 5.60 Å². The van der Waals surface area contributed by atoms with Gasteiger partial charge in [0.15, 0.2) is 0 Å². The number of hydrogen-bond acceptors (Lipinski definition) is 2. The first-order chi connectivity index (χ1) is 7.24. The summed E-state index contributed by atoms with van der Waals surface area (Å²) in [6.45, 7) is 6.75. The molecule has 2 rings (SSSR count). The van der Waals surface area contributed by atoms with Gasteiger partial charge < -0.3 is 5.11 Å². The molecule has 1 heterocycles. The van der Waals surface area contributed by atoms with E-state index in [1.165, 1.54) is 38.6 Å². The van der Waals surface area contributed by atoms with E-state index in [1.807, 2.05) is 6.08 Å². The summed E-state index contributed by atoms with van der Waals surface area (Å²) in [5.41, 5.74) is -0.291. The zero-order valence-electron chi connectivity index (χ0n) is 9.62. The van der Waals surface area contributed by atoms with Gasteiger partial charge in [-0.2, -0.15) is 0 Å². The van der Waals surface area contributed by atoms with Gasteiger partial charge in [-0.05, 0) is 44.6 Å². The van der Waals surface area contributed by atoms with E-state index < -0.39 is 0 Å². The number of rotatable bonds is 7. The van der Waals surface area contributed by atoms with Crippen LogP contribution in [0.4, 0.5) is 0 Å². The number of unbranched alkanes of at least 4 members (excludes halogenated alkanes) is 3. The van der Waals surface area contributed by atoms with Crippen LogP contribution in [0, 0.1) is 5.92 Å². The van der Waals surface area contributed by atoms with Crippen LogP contribution in [0.1, 0.15) is 38.5 Å². The van der Waals surface area contributed by atoms with E-state index in [0.29, 0.717) is 5.92 Å². The Kier molecular flexibility index (Phi) is 3.47. The normalized spacial score (nSPS) is 24.9. The van der Waals surface area contributed by atoms with Gasteiger partial charge >= 0.3 is 0 Å². The molecule has 0 unspecified atom stereocenters. The van der Waals surface area contributed by atoms with E-state index in [2.05, 4.69) is 11.5 Å². The van der Waals surface area contributed by atoms with Crippen LogP contribution in [0.25, 0.3) is 0 Å². The SMILES string of the molecule is C=CCCCCCN1CC(O)(C2CC2)C1. The van der Waals surface area contributed by atoms with Gasteiger partial charge in [0.1, 0.15) is 0 Å². The molecule has 0 atom stereocenters. The molecule has 86 valence electrons. The van der Waals surface area contributed by atoms with E-state index in [0.717, 1.165) is 19.5 Å². The highest BCUT2D eigenvalue weighted by atomic mass is 16.3. The molecule has 0 aromatic rings. The van der Waals surface area contributed by atoms with Crippen LogP contribution in [-0.2, 0) is 0 Å². The second-order valence-electron chi connectivity index (χ2n) is 5.23. The molecule has 0 amide bonds. The number of hydrogen-bond donors (Lipinski definition) is 1. The van der Waals surface area contributed by atoms with Crippen LogP contribution < -0.4 is 0 Å². The minimum absolute atomic E-state index is 0.291. The van der Waals surface area contributed by atoms with Crippen molar-refractivity contribution < 1.29 is 5.11 Å². The van der Waals surface area contributed by atoms with Gasteiger partial charge in [0, 0.05) is 13.1 Å². The molecule has 1 aliphatic carbocycles. The number of likely N-dealkylation sites (tertiary alicyclic amines) is 1. The van der Waals surface area contributed by atoms with Crippen molar-refractivity contribution >= 4 is 0 Å². The van der Waals surface area contributed by atoms with Crippen molar-refractivity contribution in [3.63, 3.8) is 0 Å². The highest BCUT2D eigenvalue weighted by Gasteiger charge is 2.51. The Morgan fingerprint density at radius 2 is 2.00 bits per heavy atom. The first kappa shape index (κ1) is 11.2. The third kappa shape index (κ3) is 2.82. The van der Waals surface area contributed by atoms with E-state index in [9.17, 15) is 5.11 Å². The Morgan fingerprint density at radius 3 is 2.60 bits per heavy atom. The standard InChI is InChI=1S/C13H23NO/c1-2-3-4-5-6-9-14-10-13(15,11-14)12-7-8-12/h2,12,15H,1,3-11H2. The third-order valence-electron chi connectivity index (χ3n) is 3.71. The second kappa shape index (κ2) is 4.67. The van der Waals surface area contributed by atoms with Gasteiger partial charge in [-0.1, -0.05) is 12.5 Å². The maximum absolute atomic E-state index is 10.1. The molecular formula is C13H23NO. The zero-order chi connectivity index (χ0) is 10.7. The van der Waals surface area contributed by atoms with Crippen molar-refractivity contribution in [1.82, 2.24) is 4.90 Å². The minimum Gasteiger partial charge on any atom is -0.387 e. The van der Waals surface area contributed by atoms with Crippen LogP contribution >= 0.6 is 0 Å². The number of aliphatic hydroxyl groups is 1. The lowest BCUT2D eigenvalue weighted by molar-refractivity contribution is -0.113. The maximum atomic E-state index is 10.1.